The van der Waals surface area contributed by atoms with Gasteiger partial charge in [-0.15, -0.1) is 0 Å². The lowest BCUT2D eigenvalue weighted by Gasteiger charge is -2.21. The van der Waals surface area contributed by atoms with Crippen LogP contribution in [0.3, 0.4) is 0 Å². The zero-order valence-electron chi connectivity index (χ0n) is 11.3. The van der Waals surface area contributed by atoms with Crippen LogP contribution in [0, 0.1) is 0 Å². The van der Waals surface area contributed by atoms with Gasteiger partial charge in [0.05, 0.1) is 17.8 Å². The second-order valence-electron chi connectivity index (χ2n) is 4.64. The Kier molecular flexibility index (Phi) is 4.00. The Morgan fingerprint density at radius 2 is 2.16 bits per heavy atom. The number of amides is 1. The van der Waals surface area contributed by atoms with E-state index in [0.29, 0.717) is 12.2 Å². The summed E-state index contributed by atoms with van der Waals surface area (Å²) in [5, 5.41) is 3.19. The third-order valence-corrected chi connectivity index (χ3v) is 2.96. The van der Waals surface area contributed by atoms with E-state index >= 15 is 0 Å². The molecule has 0 fully saturated rings. The molecule has 0 radical (unpaired) electrons. The van der Waals surface area contributed by atoms with Crippen LogP contribution in [0.2, 0.25) is 0 Å². The summed E-state index contributed by atoms with van der Waals surface area (Å²) in [4.78, 5) is 25.3. The van der Waals surface area contributed by atoms with Gasteiger partial charge in [-0.25, -0.2) is 0 Å². The van der Waals surface area contributed by atoms with E-state index in [1.807, 2.05) is 31.2 Å². The van der Waals surface area contributed by atoms with Gasteiger partial charge in [0.1, 0.15) is 0 Å². The van der Waals surface area contributed by atoms with Crippen molar-refractivity contribution in [3.8, 4) is 0 Å². The maximum atomic E-state index is 12.3. The molecule has 1 aromatic carbocycles. The first-order chi connectivity index (χ1) is 9.11. The molecule has 1 aliphatic rings. The first kappa shape index (κ1) is 13.3. The highest BCUT2D eigenvalue weighted by molar-refractivity contribution is 6.01. The van der Waals surface area contributed by atoms with Gasteiger partial charge < -0.3 is 10.2 Å². The molecule has 0 atom stereocenters. The zero-order valence-corrected chi connectivity index (χ0v) is 11.3. The molecule has 1 heterocycles. The number of anilines is 2. The normalized spacial score (nSPS) is 16.8. The third-order valence-electron chi connectivity index (χ3n) is 2.96. The number of fused-ring (bicyclic) bond motifs is 1. The molecule has 0 bridgehead atoms. The van der Waals surface area contributed by atoms with Crippen LogP contribution in [0.4, 0.5) is 11.4 Å². The largest absolute Gasteiger partial charge is 0.357 e. The summed E-state index contributed by atoms with van der Waals surface area (Å²) < 4.78 is 0. The van der Waals surface area contributed by atoms with Crippen LogP contribution >= 0.6 is 0 Å². The molecule has 2 rings (SSSR count). The number of benzene rings is 1. The molecule has 0 saturated heterocycles. The summed E-state index contributed by atoms with van der Waals surface area (Å²) >= 11 is 0. The molecule has 0 spiro atoms. The summed E-state index contributed by atoms with van der Waals surface area (Å²) in [6, 6.07) is 7.67. The molecule has 0 aromatic heterocycles. The minimum Gasteiger partial charge on any atom is -0.357 e. The smallest absolute Gasteiger partial charge is 0.232 e. The molecule has 0 saturated carbocycles. The van der Waals surface area contributed by atoms with Gasteiger partial charge in [0, 0.05) is 18.3 Å². The lowest BCUT2D eigenvalue weighted by atomic mass is 10.2. The molecule has 1 amide bonds. The van der Waals surface area contributed by atoms with Crippen LogP contribution in [0.1, 0.15) is 26.7 Å². The van der Waals surface area contributed by atoms with E-state index in [4.69, 9.17) is 0 Å². The lowest BCUT2D eigenvalue weighted by Crippen LogP contribution is -2.30. The predicted octanol–water partition coefficient (Wildman–Crippen LogP) is 2.72. The molecule has 0 unspecified atom stereocenters. The van der Waals surface area contributed by atoms with Crippen LogP contribution in [0.25, 0.3) is 0 Å². The van der Waals surface area contributed by atoms with E-state index in [-0.39, 0.29) is 18.1 Å². The highest BCUT2D eigenvalue weighted by atomic mass is 16.2. The van der Waals surface area contributed by atoms with Crippen LogP contribution in [0.15, 0.2) is 36.0 Å². The van der Waals surface area contributed by atoms with Gasteiger partial charge in [0.2, 0.25) is 5.91 Å². The average Bonchev–Trinajstić information content (AvgIpc) is 2.47. The fourth-order valence-corrected chi connectivity index (χ4v) is 2.23. The first-order valence-electron chi connectivity index (χ1n) is 6.49. The van der Waals surface area contributed by atoms with Crippen molar-refractivity contribution in [2.75, 3.05) is 16.8 Å². The fourth-order valence-electron chi connectivity index (χ4n) is 2.23. The highest BCUT2D eigenvalue weighted by Crippen LogP contribution is 2.31. The lowest BCUT2D eigenvalue weighted by molar-refractivity contribution is -0.117. The van der Waals surface area contributed by atoms with Gasteiger partial charge in [0.15, 0.2) is 5.78 Å². The van der Waals surface area contributed by atoms with Crippen molar-refractivity contribution in [3.05, 3.63) is 36.0 Å². The number of carbonyl (C=O) groups is 2. The van der Waals surface area contributed by atoms with Gasteiger partial charge in [-0.3, -0.25) is 9.59 Å². The maximum absolute atomic E-state index is 12.3. The van der Waals surface area contributed by atoms with Crippen molar-refractivity contribution in [2.24, 2.45) is 0 Å². The van der Waals surface area contributed by atoms with E-state index in [1.165, 1.54) is 13.0 Å². The van der Waals surface area contributed by atoms with Crippen molar-refractivity contribution in [1.82, 2.24) is 0 Å². The van der Waals surface area contributed by atoms with Gasteiger partial charge in [-0.2, -0.15) is 0 Å². The number of rotatable bonds is 3. The Balaban J connectivity index is 2.44. The quantitative estimate of drug-likeness (QED) is 0.848. The van der Waals surface area contributed by atoms with E-state index in [2.05, 4.69) is 5.32 Å². The van der Waals surface area contributed by atoms with Crippen LogP contribution < -0.4 is 10.2 Å². The average molecular weight is 258 g/mol. The Labute approximate surface area is 113 Å². The summed E-state index contributed by atoms with van der Waals surface area (Å²) in [5.41, 5.74) is 2.40. The number of allylic oxidation sites excluding steroid dienone is 1. The SMILES string of the molecule is CCCN1C(=O)C/C(=C/C(C)=O)Nc2ccccc21. The number of nitrogens with one attached hydrogen (secondary N) is 1. The molecule has 1 N–H and O–H groups in total. The fraction of sp³-hybridized carbons (Fsp3) is 0.333. The Hall–Kier alpha value is -2.10. The third kappa shape index (κ3) is 3.02. The van der Waals surface area contributed by atoms with Crippen molar-refractivity contribution in [3.63, 3.8) is 0 Å². The summed E-state index contributed by atoms with van der Waals surface area (Å²) in [5.74, 6) is -0.0384. The van der Waals surface area contributed by atoms with Crippen molar-refractivity contribution >= 4 is 23.1 Å². The molecule has 4 nitrogen and oxygen atoms in total. The topological polar surface area (TPSA) is 49.4 Å². The Morgan fingerprint density at radius 1 is 1.42 bits per heavy atom. The first-order valence-corrected chi connectivity index (χ1v) is 6.49. The van der Waals surface area contributed by atoms with E-state index in [1.54, 1.807) is 4.90 Å². The minimum atomic E-state index is -0.0586. The van der Waals surface area contributed by atoms with E-state index in [9.17, 15) is 9.59 Å². The Bertz CT molecular complexity index is 535. The minimum absolute atomic E-state index is 0.0202. The van der Waals surface area contributed by atoms with Crippen LogP contribution in [0.5, 0.6) is 0 Å². The second-order valence-corrected chi connectivity index (χ2v) is 4.64. The number of nitrogens with zero attached hydrogens (tertiary/aromatic N) is 1. The monoisotopic (exact) mass is 258 g/mol. The number of hydrogen-bond donors (Lipinski definition) is 1. The van der Waals surface area contributed by atoms with Crippen molar-refractivity contribution in [1.29, 1.82) is 0 Å². The zero-order chi connectivity index (χ0) is 13.8. The maximum Gasteiger partial charge on any atom is 0.232 e. The molecule has 19 heavy (non-hydrogen) atoms. The number of carbonyl (C=O) groups excluding carboxylic acids is 2. The molecule has 1 aliphatic heterocycles. The molecular formula is C15H18N2O2. The van der Waals surface area contributed by atoms with E-state index in [0.717, 1.165) is 17.8 Å². The number of ketones is 1. The van der Waals surface area contributed by atoms with Crippen LogP contribution in [-0.4, -0.2) is 18.2 Å². The van der Waals surface area contributed by atoms with Gasteiger partial charge in [-0.1, -0.05) is 19.1 Å². The summed E-state index contributed by atoms with van der Waals surface area (Å²) in [6.45, 7) is 4.21. The van der Waals surface area contributed by atoms with Crippen molar-refractivity contribution < 1.29 is 9.59 Å². The molecule has 4 heteroatoms. The number of hydrogen-bond acceptors (Lipinski definition) is 3. The number of para-hydroxylation sites is 2. The van der Waals surface area contributed by atoms with Crippen LogP contribution in [-0.2, 0) is 9.59 Å². The molecule has 100 valence electrons. The molecule has 1 aromatic rings. The van der Waals surface area contributed by atoms with Gasteiger partial charge in [0.25, 0.3) is 0 Å². The van der Waals surface area contributed by atoms with Gasteiger partial charge in [-0.05, 0) is 25.5 Å². The molecule has 0 aliphatic carbocycles. The highest BCUT2D eigenvalue weighted by Gasteiger charge is 2.23. The van der Waals surface area contributed by atoms with Crippen molar-refractivity contribution in [2.45, 2.75) is 26.7 Å². The summed E-state index contributed by atoms with van der Waals surface area (Å²) in [7, 11) is 0. The molecular weight excluding hydrogens is 240 g/mol. The van der Waals surface area contributed by atoms with E-state index < -0.39 is 0 Å². The standard InChI is InChI=1S/C15H18N2O2/c1-3-8-17-14-7-5-4-6-13(14)16-12(9-11(2)18)10-15(17)19/h4-7,9,16H,3,8,10H2,1-2H3/b12-9-. The summed E-state index contributed by atoms with van der Waals surface area (Å²) in [6.07, 6.45) is 2.62. The predicted molar refractivity (Wildman–Crippen MR) is 76.1 cm³/mol. The Morgan fingerprint density at radius 3 is 2.84 bits per heavy atom. The van der Waals surface area contributed by atoms with Gasteiger partial charge >= 0.3 is 0 Å². The second kappa shape index (κ2) is 5.69.